The number of aromatic nitrogens is 2. The molecule has 1 amide bonds. The summed E-state index contributed by atoms with van der Waals surface area (Å²) in [6, 6.07) is 19.6. The van der Waals surface area contributed by atoms with Gasteiger partial charge in [-0.25, -0.2) is 9.48 Å². The number of nitrogens with zero attached hydrogens (tertiary/aromatic N) is 3. The maximum absolute atomic E-state index is 13.4. The summed E-state index contributed by atoms with van der Waals surface area (Å²) in [4.78, 5) is 28.1. The minimum atomic E-state index is -0.260. The van der Waals surface area contributed by atoms with Crippen molar-refractivity contribution >= 4 is 11.9 Å². The SMILES string of the molecule is Cc1cc(C)n(-c2cccc(C(=O)C3CC4CCC(C3)N4C(=O)OCc3ccccc3)c2)n1. The highest BCUT2D eigenvalue weighted by molar-refractivity contribution is 5.98. The molecule has 0 radical (unpaired) electrons. The third-order valence-electron chi connectivity index (χ3n) is 6.90. The van der Waals surface area contributed by atoms with Crippen molar-refractivity contribution in [3.8, 4) is 5.69 Å². The number of rotatable bonds is 5. The van der Waals surface area contributed by atoms with E-state index in [0.29, 0.717) is 18.4 Å². The molecular formula is C27H29N3O3. The summed E-state index contributed by atoms with van der Waals surface area (Å²) >= 11 is 0. The molecule has 2 saturated heterocycles. The second-order valence-corrected chi connectivity index (χ2v) is 9.25. The number of aryl methyl sites for hydroxylation is 2. The largest absolute Gasteiger partial charge is 0.445 e. The highest BCUT2D eigenvalue weighted by Gasteiger charge is 2.46. The number of hydrogen-bond acceptors (Lipinski definition) is 4. The van der Waals surface area contributed by atoms with E-state index in [1.54, 1.807) is 0 Å². The molecular weight excluding hydrogens is 414 g/mol. The zero-order valence-corrected chi connectivity index (χ0v) is 19.1. The molecule has 2 aliphatic rings. The summed E-state index contributed by atoms with van der Waals surface area (Å²) in [6.45, 7) is 4.25. The van der Waals surface area contributed by atoms with E-state index in [1.165, 1.54) is 0 Å². The third kappa shape index (κ3) is 4.30. The maximum Gasteiger partial charge on any atom is 0.410 e. The van der Waals surface area contributed by atoms with Crippen LogP contribution in [0.4, 0.5) is 4.79 Å². The molecule has 6 nitrogen and oxygen atoms in total. The fourth-order valence-electron chi connectivity index (χ4n) is 5.40. The van der Waals surface area contributed by atoms with Gasteiger partial charge in [-0.15, -0.1) is 0 Å². The van der Waals surface area contributed by atoms with Crippen LogP contribution < -0.4 is 0 Å². The van der Waals surface area contributed by atoms with E-state index in [-0.39, 0.29) is 36.5 Å². The van der Waals surface area contributed by atoms with E-state index in [9.17, 15) is 9.59 Å². The van der Waals surface area contributed by atoms with Crippen LogP contribution in [0, 0.1) is 19.8 Å². The summed E-state index contributed by atoms with van der Waals surface area (Å²) in [5.74, 6) is 0.0870. The van der Waals surface area contributed by atoms with E-state index in [4.69, 9.17) is 4.74 Å². The number of carbonyl (C=O) groups excluding carboxylic acids is 2. The van der Waals surface area contributed by atoms with Crippen molar-refractivity contribution < 1.29 is 14.3 Å². The number of piperidine rings is 1. The van der Waals surface area contributed by atoms with Crippen LogP contribution in [-0.4, -0.2) is 38.6 Å². The monoisotopic (exact) mass is 443 g/mol. The molecule has 3 aromatic rings. The van der Waals surface area contributed by atoms with Crippen molar-refractivity contribution in [3.63, 3.8) is 0 Å². The minimum absolute atomic E-state index is 0.0696. The first-order valence-electron chi connectivity index (χ1n) is 11.7. The first-order chi connectivity index (χ1) is 16.0. The molecule has 5 rings (SSSR count). The first kappa shape index (κ1) is 21.4. The molecule has 170 valence electrons. The lowest BCUT2D eigenvalue weighted by atomic mass is 9.85. The smallest absolute Gasteiger partial charge is 0.410 e. The van der Waals surface area contributed by atoms with Gasteiger partial charge in [0.25, 0.3) is 0 Å². The Morgan fingerprint density at radius 2 is 1.70 bits per heavy atom. The Morgan fingerprint density at radius 1 is 0.970 bits per heavy atom. The van der Waals surface area contributed by atoms with Crippen LogP contribution in [0.3, 0.4) is 0 Å². The van der Waals surface area contributed by atoms with Crippen LogP contribution >= 0.6 is 0 Å². The molecule has 2 unspecified atom stereocenters. The van der Waals surface area contributed by atoms with Crippen molar-refractivity contribution in [2.45, 2.75) is 58.2 Å². The Labute approximate surface area is 194 Å². The number of benzene rings is 2. The molecule has 0 aliphatic carbocycles. The zero-order chi connectivity index (χ0) is 22.9. The van der Waals surface area contributed by atoms with E-state index < -0.39 is 0 Å². The quantitative estimate of drug-likeness (QED) is 0.505. The Balaban J connectivity index is 1.26. The number of fused-ring (bicyclic) bond motifs is 2. The summed E-state index contributed by atoms with van der Waals surface area (Å²) in [7, 11) is 0. The molecule has 2 atom stereocenters. The Bertz CT molecular complexity index is 1160. The van der Waals surface area contributed by atoms with Gasteiger partial charge < -0.3 is 9.64 Å². The molecule has 2 aromatic carbocycles. The molecule has 3 heterocycles. The van der Waals surface area contributed by atoms with Crippen LogP contribution in [0.2, 0.25) is 0 Å². The second kappa shape index (κ2) is 8.85. The average Bonchev–Trinajstić information content (AvgIpc) is 3.31. The molecule has 0 spiro atoms. The van der Waals surface area contributed by atoms with Gasteiger partial charge in [0.2, 0.25) is 0 Å². The molecule has 0 saturated carbocycles. The normalized spacial score (nSPS) is 21.8. The van der Waals surface area contributed by atoms with Crippen LogP contribution in [-0.2, 0) is 11.3 Å². The number of ketones is 1. The van der Waals surface area contributed by atoms with Crippen molar-refractivity contribution in [2.75, 3.05) is 0 Å². The first-order valence-corrected chi connectivity index (χ1v) is 11.7. The topological polar surface area (TPSA) is 64.4 Å². The van der Waals surface area contributed by atoms with E-state index in [1.807, 2.05) is 84.1 Å². The molecule has 33 heavy (non-hydrogen) atoms. The average molecular weight is 444 g/mol. The number of ether oxygens (including phenoxy) is 1. The van der Waals surface area contributed by atoms with Gasteiger partial charge in [0.1, 0.15) is 6.61 Å². The van der Waals surface area contributed by atoms with E-state index in [2.05, 4.69) is 5.10 Å². The lowest BCUT2D eigenvalue weighted by molar-refractivity contribution is 0.0485. The molecule has 2 fully saturated rings. The Morgan fingerprint density at radius 3 is 2.36 bits per heavy atom. The second-order valence-electron chi connectivity index (χ2n) is 9.25. The minimum Gasteiger partial charge on any atom is -0.445 e. The van der Waals surface area contributed by atoms with Gasteiger partial charge in [0, 0.05) is 29.3 Å². The standard InChI is InChI=1S/C27H29N3O3/c1-18-13-19(2)30(28-18)25-10-6-9-21(14-25)26(31)22-15-23-11-12-24(16-22)29(23)27(32)33-17-20-7-4-3-5-8-20/h3-10,13-14,22-24H,11-12,15-17H2,1-2H3. The number of amides is 1. The van der Waals surface area contributed by atoms with Crippen molar-refractivity contribution in [3.05, 3.63) is 83.2 Å². The lowest BCUT2D eigenvalue weighted by Gasteiger charge is -2.37. The molecule has 2 bridgehead atoms. The van der Waals surface area contributed by atoms with E-state index in [0.717, 1.165) is 35.5 Å². The van der Waals surface area contributed by atoms with Gasteiger partial charge in [-0.3, -0.25) is 4.79 Å². The third-order valence-corrected chi connectivity index (χ3v) is 6.90. The lowest BCUT2D eigenvalue weighted by Crippen LogP contribution is -2.48. The Hall–Kier alpha value is -3.41. The fraction of sp³-hybridized carbons (Fsp3) is 0.370. The van der Waals surface area contributed by atoms with E-state index >= 15 is 0 Å². The van der Waals surface area contributed by atoms with Gasteiger partial charge in [-0.05, 0) is 63.3 Å². The summed E-state index contributed by atoms with van der Waals surface area (Å²) in [6.07, 6.45) is 2.99. The van der Waals surface area contributed by atoms with Crippen LogP contribution in [0.1, 0.15) is 53.0 Å². The number of carbonyl (C=O) groups is 2. The number of hydrogen-bond donors (Lipinski definition) is 0. The molecule has 2 aliphatic heterocycles. The van der Waals surface area contributed by atoms with Gasteiger partial charge in [0.15, 0.2) is 5.78 Å². The zero-order valence-electron chi connectivity index (χ0n) is 19.1. The highest BCUT2D eigenvalue weighted by atomic mass is 16.6. The predicted molar refractivity (Wildman–Crippen MR) is 125 cm³/mol. The van der Waals surface area contributed by atoms with Crippen molar-refractivity contribution in [1.29, 1.82) is 0 Å². The van der Waals surface area contributed by atoms with Crippen LogP contribution in [0.25, 0.3) is 5.69 Å². The summed E-state index contributed by atoms with van der Waals surface area (Å²) in [5.41, 5.74) is 4.58. The van der Waals surface area contributed by atoms with Gasteiger partial charge in [0.05, 0.1) is 11.4 Å². The Kier molecular flexibility index (Phi) is 5.75. The summed E-state index contributed by atoms with van der Waals surface area (Å²) in [5, 5.41) is 4.54. The maximum atomic E-state index is 13.4. The summed E-state index contributed by atoms with van der Waals surface area (Å²) < 4.78 is 7.48. The van der Waals surface area contributed by atoms with Gasteiger partial charge >= 0.3 is 6.09 Å². The predicted octanol–water partition coefficient (Wildman–Crippen LogP) is 5.25. The van der Waals surface area contributed by atoms with Crippen molar-refractivity contribution in [2.24, 2.45) is 5.92 Å². The highest BCUT2D eigenvalue weighted by Crippen LogP contribution is 2.40. The number of Topliss-reactive ketones (excluding diaryl/α,β-unsaturated/α-hetero) is 1. The molecule has 6 heteroatoms. The molecule has 0 N–H and O–H groups in total. The van der Waals surface area contributed by atoms with Gasteiger partial charge in [-0.1, -0.05) is 42.5 Å². The fourth-order valence-corrected chi connectivity index (χ4v) is 5.40. The van der Waals surface area contributed by atoms with Crippen LogP contribution in [0.15, 0.2) is 60.7 Å². The molecule has 1 aromatic heterocycles. The van der Waals surface area contributed by atoms with Gasteiger partial charge in [-0.2, -0.15) is 5.10 Å². The van der Waals surface area contributed by atoms with Crippen molar-refractivity contribution in [1.82, 2.24) is 14.7 Å². The van der Waals surface area contributed by atoms with Crippen LogP contribution in [0.5, 0.6) is 0 Å².